The fraction of sp³-hybridized carbons (Fsp3) is 0.556. The molecule has 0 radical (unpaired) electrons. The fourth-order valence-corrected chi connectivity index (χ4v) is 3.57. The Kier molecular flexibility index (Phi) is 8.24. The zero-order chi connectivity index (χ0) is 18.1. The van der Waals surface area contributed by atoms with E-state index in [2.05, 4.69) is 10.1 Å². The van der Waals surface area contributed by atoms with Crippen molar-refractivity contribution in [1.29, 1.82) is 0 Å². The highest BCUT2D eigenvalue weighted by atomic mass is 32.2. The molecule has 6 nitrogen and oxygen atoms in total. The van der Waals surface area contributed by atoms with Crippen LogP contribution in [0.5, 0.6) is 0 Å². The van der Waals surface area contributed by atoms with Crippen molar-refractivity contribution in [2.24, 2.45) is 11.7 Å². The second-order valence-electron chi connectivity index (χ2n) is 6.04. The zero-order valence-electron chi connectivity index (χ0n) is 14.5. The van der Waals surface area contributed by atoms with Crippen molar-refractivity contribution in [3.8, 4) is 0 Å². The molecule has 1 aliphatic rings. The highest BCUT2D eigenvalue weighted by Gasteiger charge is 2.26. The number of amides is 1. The Hall–Kier alpha value is -1.57. The first kappa shape index (κ1) is 19.8. The number of ether oxygens (including phenoxy) is 2. The molecule has 1 aromatic carbocycles. The van der Waals surface area contributed by atoms with E-state index in [1.165, 1.54) is 7.11 Å². The van der Waals surface area contributed by atoms with Crippen molar-refractivity contribution in [3.05, 3.63) is 29.8 Å². The minimum atomic E-state index is -0.512. The van der Waals surface area contributed by atoms with Crippen molar-refractivity contribution in [2.45, 2.75) is 31.1 Å². The van der Waals surface area contributed by atoms with E-state index in [4.69, 9.17) is 10.5 Å². The molecule has 138 valence electrons. The Bertz CT molecular complexity index is 576. The number of nitrogens with one attached hydrogen (secondary N) is 1. The van der Waals surface area contributed by atoms with E-state index in [0.717, 1.165) is 29.8 Å². The number of carbonyl (C=O) groups is 2. The monoisotopic (exact) mass is 366 g/mol. The van der Waals surface area contributed by atoms with Gasteiger partial charge in [0.05, 0.1) is 19.6 Å². The first-order valence-corrected chi connectivity index (χ1v) is 9.63. The summed E-state index contributed by atoms with van der Waals surface area (Å²) >= 11 is 1.65. The maximum absolute atomic E-state index is 12.4. The van der Waals surface area contributed by atoms with Crippen LogP contribution in [0.25, 0.3) is 0 Å². The SMILES string of the molecule is COC(=O)CCSCc1cccc(NC(=O)C(N)C2CCOCC2)c1. The Morgan fingerprint density at radius 3 is 2.88 bits per heavy atom. The highest BCUT2D eigenvalue weighted by Crippen LogP contribution is 2.20. The molecule has 1 saturated heterocycles. The maximum atomic E-state index is 12.4. The van der Waals surface area contributed by atoms with Crippen LogP contribution in [0.3, 0.4) is 0 Å². The van der Waals surface area contributed by atoms with Crippen LogP contribution in [0.4, 0.5) is 5.69 Å². The molecule has 0 bridgehead atoms. The zero-order valence-corrected chi connectivity index (χ0v) is 15.3. The van der Waals surface area contributed by atoms with Gasteiger partial charge >= 0.3 is 5.97 Å². The third-order valence-corrected chi connectivity index (χ3v) is 5.25. The Morgan fingerprint density at radius 1 is 1.40 bits per heavy atom. The van der Waals surface area contributed by atoms with Crippen LogP contribution in [-0.2, 0) is 24.8 Å². The molecule has 2 rings (SSSR count). The molecule has 1 aromatic rings. The van der Waals surface area contributed by atoms with Gasteiger partial charge < -0.3 is 20.5 Å². The minimum absolute atomic E-state index is 0.151. The van der Waals surface area contributed by atoms with E-state index < -0.39 is 6.04 Å². The van der Waals surface area contributed by atoms with E-state index in [0.29, 0.717) is 25.4 Å². The Morgan fingerprint density at radius 2 is 2.16 bits per heavy atom. The number of hydrogen-bond acceptors (Lipinski definition) is 6. The van der Waals surface area contributed by atoms with Crippen molar-refractivity contribution in [3.63, 3.8) is 0 Å². The summed E-state index contributed by atoms with van der Waals surface area (Å²) in [5.41, 5.74) is 7.94. The van der Waals surface area contributed by atoms with Crippen molar-refractivity contribution < 1.29 is 19.1 Å². The summed E-state index contributed by atoms with van der Waals surface area (Å²) in [4.78, 5) is 23.4. The molecule has 1 fully saturated rings. The number of rotatable bonds is 8. The van der Waals surface area contributed by atoms with Crippen LogP contribution in [-0.4, -0.2) is 44.0 Å². The highest BCUT2D eigenvalue weighted by molar-refractivity contribution is 7.98. The summed E-state index contributed by atoms with van der Waals surface area (Å²) in [6, 6.07) is 7.20. The smallest absolute Gasteiger partial charge is 0.306 e. The summed E-state index contributed by atoms with van der Waals surface area (Å²) in [6.45, 7) is 1.34. The van der Waals surface area contributed by atoms with Crippen molar-refractivity contribution >= 4 is 29.3 Å². The standard InChI is InChI=1S/C18H26N2O4S/c1-23-16(21)7-10-25-12-13-3-2-4-15(11-13)20-18(22)17(19)14-5-8-24-9-6-14/h2-4,11,14,17H,5-10,12,19H2,1H3,(H,20,22). The van der Waals surface area contributed by atoms with Crippen LogP contribution < -0.4 is 11.1 Å². The lowest BCUT2D eigenvalue weighted by Crippen LogP contribution is -2.44. The van der Waals surface area contributed by atoms with E-state index in [1.54, 1.807) is 11.8 Å². The average molecular weight is 366 g/mol. The molecule has 3 N–H and O–H groups in total. The number of nitrogens with two attached hydrogens (primary N) is 1. The largest absolute Gasteiger partial charge is 0.469 e. The quantitative estimate of drug-likeness (QED) is 0.541. The average Bonchev–Trinajstić information content (AvgIpc) is 2.65. The lowest BCUT2D eigenvalue weighted by atomic mass is 9.92. The van der Waals surface area contributed by atoms with Crippen LogP contribution >= 0.6 is 11.8 Å². The van der Waals surface area contributed by atoms with Gasteiger partial charge in [-0.2, -0.15) is 11.8 Å². The number of benzene rings is 1. The van der Waals surface area contributed by atoms with Gasteiger partial charge in [0.1, 0.15) is 0 Å². The maximum Gasteiger partial charge on any atom is 0.306 e. The number of esters is 1. The molecule has 1 atom stereocenters. The third-order valence-electron chi connectivity index (χ3n) is 4.22. The summed E-state index contributed by atoms with van der Waals surface area (Å²) in [6.07, 6.45) is 2.05. The third kappa shape index (κ3) is 6.68. The van der Waals surface area contributed by atoms with Gasteiger partial charge in [-0.15, -0.1) is 0 Å². The lowest BCUT2D eigenvalue weighted by Gasteiger charge is -2.26. The lowest BCUT2D eigenvalue weighted by molar-refractivity contribution is -0.140. The van der Waals surface area contributed by atoms with Gasteiger partial charge in [-0.25, -0.2) is 0 Å². The van der Waals surface area contributed by atoms with Gasteiger partial charge in [0.15, 0.2) is 0 Å². The molecule has 1 heterocycles. The Labute approximate surface area is 152 Å². The van der Waals surface area contributed by atoms with Gasteiger partial charge in [-0.1, -0.05) is 12.1 Å². The van der Waals surface area contributed by atoms with Crippen LogP contribution in [0.15, 0.2) is 24.3 Å². The Balaban J connectivity index is 1.81. The number of anilines is 1. The van der Waals surface area contributed by atoms with E-state index in [9.17, 15) is 9.59 Å². The van der Waals surface area contributed by atoms with Gasteiger partial charge in [0.25, 0.3) is 0 Å². The molecule has 25 heavy (non-hydrogen) atoms. The second-order valence-corrected chi connectivity index (χ2v) is 7.15. The number of thioether (sulfide) groups is 1. The molecule has 0 aromatic heterocycles. The molecule has 0 spiro atoms. The molecule has 7 heteroatoms. The van der Waals surface area contributed by atoms with Gasteiger partial charge in [-0.05, 0) is 36.5 Å². The summed E-state index contributed by atoms with van der Waals surface area (Å²) < 4.78 is 9.93. The summed E-state index contributed by atoms with van der Waals surface area (Å²) in [5, 5.41) is 2.91. The van der Waals surface area contributed by atoms with Crippen molar-refractivity contribution in [1.82, 2.24) is 0 Å². The number of methoxy groups -OCH3 is 1. The van der Waals surface area contributed by atoms with E-state index >= 15 is 0 Å². The normalized spacial score (nSPS) is 16.2. The predicted octanol–water partition coefficient (Wildman–Crippen LogP) is 2.18. The molecule has 1 unspecified atom stereocenters. The minimum Gasteiger partial charge on any atom is -0.469 e. The van der Waals surface area contributed by atoms with Gasteiger partial charge in [-0.3, -0.25) is 9.59 Å². The fourth-order valence-electron chi connectivity index (χ4n) is 2.70. The van der Waals surface area contributed by atoms with E-state index in [1.807, 2.05) is 24.3 Å². The molecule has 1 aliphatic heterocycles. The number of hydrogen-bond donors (Lipinski definition) is 2. The van der Waals surface area contributed by atoms with Crippen LogP contribution in [0.2, 0.25) is 0 Å². The topological polar surface area (TPSA) is 90.7 Å². The summed E-state index contributed by atoms with van der Waals surface area (Å²) in [7, 11) is 1.39. The summed E-state index contributed by atoms with van der Waals surface area (Å²) in [5.74, 6) is 1.30. The molecular weight excluding hydrogens is 340 g/mol. The van der Waals surface area contributed by atoms with Crippen LogP contribution in [0.1, 0.15) is 24.8 Å². The molecular formula is C18H26N2O4S. The number of carbonyl (C=O) groups excluding carboxylic acids is 2. The molecule has 0 saturated carbocycles. The van der Waals surface area contributed by atoms with Crippen LogP contribution in [0, 0.1) is 5.92 Å². The molecule has 1 amide bonds. The van der Waals surface area contributed by atoms with Crippen molar-refractivity contribution in [2.75, 3.05) is 31.4 Å². The predicted molar refractivity (Wildman–Crippen MR) is 99.4 cm³/mol. The first-order chi connectivity index (χ1) is 12.1. The first-order valence-electron chi connectivity index (χ1n) is 8.48. The van der Waals surface area contributed by atoms with Gasteiger partial charge in [0.2, 0.25) is 5.91 Å². The second kappa shape index (κ2) is 10.4. The van der Waals surface area contributed by atoms with E-state index in [-0.39, 0.29) is 17.8 Å². The molecule has 0 aliphatic carbocycles. The van der Waals surface area contributed by atoms with Gasteiger partial charge in [0, 0.05) is 30.4 Å².